The van der Waals surface area contributed by atoms with E-state index in [4.69, 9.17) is 0 Å². The number of aliphatic hydroxyl groups is 1. The van der Waals surface area contributed by atoms with Crippen LogP contribution in [0.3, 0.4) is 0 Å². The van der Waals surface area contributed by atoms with Crippen molar-refractivity contribution >= 4 is 11.9 Å². The predicted molar refractivity (Wildman–Crippen MR) is 69.4 cm³/mol. The van der Waals surface area contributed by atoms with Gasteiger partial charge in [-0.1, -0.05) is 19.8 Å². The Balaban J connectivity index is 2.04. The fourth-order valence-electron chi connectivity index (χ4n) is 3.58. The third-order valence-electron chi connectivity index (χ3n) is 4.70. The van der Waals surface area contributed by atoms with E-state index in [1.54, 1.807) is 0 Å². The van der Waals surface area contributed by atoms with Crippen LogP contribution < -0.4 is 5.32 Å². The molecule has 2 rings (SSSR count). The van der Waals surface area contributed by atoms with Gasteiger partial charge in [0.15, 0.2) is 0 Å². The zero-order chi connectivity index (χ0) is 14.0. The second kappa shape index (κ2) is 5.49. The standard InChI is InChI=1S/C14H23NO4/c1-9-6-10(11(7-9)13(18)19)12(17)15-14(8-16)4-2-3-5-14/h9-11,16H,2-8H2,1H3,(H,15,17)(H,18,19)/t9?,10-,11+/m0/s1. The van der Waals surface area contributed by atoms with Gasteiger partial charge in [-0.25, -0.2) is 0 Å². The van der Waals surface area contributed by atoms with Crippen molar-refractivity contribution in [2.45, 2.75) is 51.0 Å². The molecule has 5 heteroatoms. The third-order valence-corrected chi connectivity index (χ3v) is 4.70. The molecule has 3 atom stereocenters. The molecule has 1 amide bonds. The zero-order valence-corrected chi connectivity index (χ0v) is 11.4. The van der Waals surface area contributed by atoms with Crippen LogP contribution in [0.2, 0.25) is 0 Å². The number of carbonyl (C=O) groups is 2. The average molecular weight is 269 g/mol. The number of rotatable bonds is 4. The molecule has 0 radical (unpaired) electrons. The molecule has 2 saturated carbocycles. The summed E-state index contributed by atoms with van der Waals surface area (Å²) in [6, 6.07) is 0. The van der Waals surface area contributed by atoms with Crippen LogP contribution in [0.4, 0.5) is 0 Å². The first-order chi connectivity index (χ1) is 8.97. The molecule has 2 fully saturated rings. The molecule has 3 N–H and O–H groups in total. The fraction of sp³-hybridized carbons (Fsp3) is 0.857. The van der Waals surface area contributed by atoms with E-state index in [1.165, 1.54) is 0 Å². The van der Waals surface area contributed by atoms with Gasteiger partial charge in [-0.3, -0.25) is 9.59 Å². The monoisotopic (exact) mass is 269 g/mol. The number of hydrogen-bond acceptors (Lipinski definition) is 3. The van der Waals surface area contributed by atoms with Gasteiger partial charge in [0, 0.05) is 0 Å². The largest absolute Gasteiger partial charge is 0.481 e. The summed E-state index contributed by atoms with van der Waals surface area (Å²) in [5, 5.41) is 21.6. The van der Waals surface area contributed by atoms with Crippen molar-refractivity contribution in [3.63, 3.8) is 0 Å². The lowest BCUT2D eigenvalue weighted by Crippen LogP contribution is -2.52. The Bertz CT molecular complexity index is 362. The molecule has 0 aromatic carbocycles. The molecular formula is C14H23NO4. The SMILES string of the molecule is CC1C[C@H](C(=O)NC2(CO)CCCC2)[C@H](C(=O)O)C1. The highest BCUT2D eigenvalue weighted by Gasteiger charge is 2.44. The summed E-state index contributed by atoms with van der Waals surface area (Å²) in [7, 11) is 0. The maximum absolute atomic E-state index is 12.3. The van der Waals surface area contributed by atoms with E-state index in [2.05, 4.69) is 5.32 Å². The molecule has 0 aromatic rings. The van der Waals surface area contributed by atoms with Gasteiger partial charge in [0.1, 0.15) is 0 Å². The Morgan fingerprint density at radius 1 is 1.21 bits per heavy atom. The van der Waals surface area contributed by atoms with Crippen molar-refractivity contribution in [3.05, 3.63) is 0 Å². The molecule has 19 heavy (non-hydrogen) atoms. The first-order valence-corrected chi connectivity index (χ1v) is 7.13. The number of carboxylic acid groups (broad SMARTS) is 1. The Kier molecular flexibility index (Phi) is 4.13. The van der Waals surface area contributed by atoms with E-state index >= 15 is 0 Å². The topological polar surface area (TPSA) is 86.6 Å². The minimum Gasteiger partial charge on any atom is -0.481 e. The van der Waals surface area contributed by atoms with Gasteiger partial charge in [0.05, 0.1) is 24.0 Å². The van der Waals surface area contributed by atoms with Crippen molar-refractivity contribution < 1.29 is 19.8 Å². The Labute approximate surface area is 113 Å². The smallest absolute Gasteiger partial charge is 0.307 e. The highest BCUT2D eigenvalue weighted by molar-refractivity contribution is 5.85. The van der Waals surface area contributed by atoms with Crippen molar-refractivity contribution in [2.24, 2.45) is 17.8 Å². The first-order valence-electron chi connectivity index (χ1n) is 7.13. The summed E-state index contributed by atoms with van der Waals surface area (Å²) in [5.74, 6) is -1.82. The van der Waals surface area contributed by atoms with Gasteiger partial charge in [-0.2, -0.15) is 0 Å². The number of carbonyl (C=O) groups excluding carboxylic acids is 1. The second-order valence-electron chi connectivity index (χ2n) is 6.26. The number of nitrogens with one attached hydrogen (secondary N) is 1. The molecule has 108 valence electrons. The summed E-state index contributed by atoms with van der Waals surface area (Å²) >= 11 is 0. The predicted octanol–water partition coefficient (Wildman–Crippen LogP) is 1.15. The van der Waals surface area contributed by atoms with Crippen LogP contribution in [0.1, 0.15) is 45.4 Å². The summed E-state index contributed by atoms with van der Waals surface area (Å²) in [6.45, 7) is 1.93. The second-order valence-corrected chi connectivity index (χ2v) is 6.26. The number of carboxylic acids is 1. The minimum atomic E-state index is -0.881. The molecule has 2 aliphatic carbocycles. The highest BCUT2D eigenvalue weighted by atomic mass is 16.4. The van der Waals surface area contributed by atoms with E-state index in [1.807, 2.05) is 6.92 Å². The van der Waals surface area contributed by atoms with Crippen LogP contribution in [0.5, 0.6) is 0 Å². The van der Waals surface area contributed by atoms with Gasteiger partial charge >= 0.3 is 5.97 Å². The lowest BCUT2D eigenvalue weighted by Gasteiger charge is -2.30. The molecule has 0 bridgehead atoms. The van der Waals surface area contributed by atoms with Crippen LogP contribution >= 0.6 is 0 Å². The summed E-state index contributed by atoms with van der Waals surface area (Å²) in [6.07, 6.45) is 4.78. The van der Waals surface area contributed by atoms with Crippen molar-refractivity contribution in [2.75, 3.05) is 6.61 Å². The minimum absolute atomic E-state index is 0.0568. The Morgan fingerprint density at radius 3 is 2.32 bits per heavy atom. The summed E-state index contributed by atoms with van der Waals surface area (Å²) in [5.41, 5.74) is -0.508. The van der Waals surface area contributed by atoms with Gasteiger partial charge in [0.25, 0.3) is 0 Å². The molecule has 2 aliphatic rings. The van der Waals surface area contributed by atoms with E-state index < -0.39 is 23.3 Å². The van der Waals surface area contributed by atoms with Crippen LogP contribution in [0, 0.1) is 17.8 Å². The lowest BCUT2D eigenvalue weighted by atomic mass is 9.92. The summed E-state index contributed by atoms with van der Waals surface area (Å²) in [4.78, 5) is 23.6. The average Bonchev–Trinajstić information content (AvgIpc) is 2.96. The van der Waals surface area contributed by atoms with Crippen molar-refractivity contribution in [1.82, 2.24) is 5.32 Å². The van der Waals surface area contributed by atoms with Crippen LogP contribution in [0.25, 0.3) is 0 Å². The maximum Gasteiger partial charge on any atom is 0.307 e. The number of aliphatic hydroxyl groups excluding tert-OH is 1. The normalized spacial score (nSPS) is 33.3. The number of hydrogen-bond donors (Lipinski definition) is 3. The molecule has 0 spiro atoms. The van der Waals surface area contributed by atoms with Crippen molar-refractivity contribution in [3.8, 4) is 0 Å². The van der Waals surface area contributed by atoms with E-state index in [-0.39, 0.29) is 18.4 Å². The van der Waals surface area contributed by atoms with Gasteiger partial charge in [-0.15, -0.1) is 0 Å². The molecule has 5 nitrogen and oxygen atoms in total. The van der Waals surface area contributed by atoms with Crippen LogP contribution in [-0.4, -0.2) is 34.2 Å². The van der Waals surface area contributed by atoms with Gasteiger partial charge in [0.2, 0.25) is 5.91 Å². The lowest BCUT2D eigenvalue weighted by molar-refractivity contribution is -0.146. The molecule has 0 heterocycles. The molecule has 0 aromatic heterocycles. The quantitative estimate of drug-likeness (QED) is 0.714. The van der Waals surface area contributed by atoms with Gasteiger partial charge in [-0.05, 0) is 31.6 Å². The zero-order valence-electron chi connectivity index (χ0n) is 11.4. The van der Waals surface area contributed by atoms with Crippen molar-refractivity contribution in [1.29, 1.82) is 0 Å². The third kappa shape index (κ3) is 2.91. The van der Waals surface area contributed by atoms with E-state index in [9.17, 15) is 19.8 Å². The van der Waals surface area contributed by atoms with Crippen LogP contribution in [-0.2, 0) is 9.59 Å². The fourth-order valence-corrected chi connectivity index (χ4v) is 3.58. The highest BCUT2D eigenvalue weighted by Crippen LogP contribution is 2.38. The number of aliphatic carboxylic acids is 1. The van der Waals surface area contributed by atoms with Gasteiger partial charge < -0.3 is 15.5 Å². The number of amides is 1. The molecule has 0 saturated heterocycles. The summed E-state index contributed by atoms with van der Waals surface area (Å²) < 4.78 is 0. The molecule has 0 aliphatic heterocycles. The Hall–Kier alpha value is -1.10. The molecule has 1 unspecified atom stereocenters. The molecular weight excluding hydrogens is 246 g/mol. The first kappa shape index (κ1) is 14.3. The Morgan fingerprint density at radius 2 is 1.79 bits per heavy atom. The van der Waals surface area contributed by atoms with E-state index in [0.29, 0.717) is 12.8 Å². The maximum atomic E-state index is 12.3. The van der Waals surface area contributed by atoms with Crippen LogP contribution in [0.15, 0.2) is 0 Å². The van der Waals surface area contributed by atoms with E-state index in [0.717, 1.165) is 25.7 Å².